The number of hydrogen-bond donors (Lipinski definition) is 0. The number of nitrogens with zero attached hydrogens (tertiary/aromatic N) is 3. The van der Waals surface area contributed by atoms with Crippen LogP contribution < -0.4 is 0 Å². The summed E-state index contributed by atoms with van der Waals surface area (Å²) in [7, 11) is 1.79. The van der Waals surface area contributed by atoms with Gasteiger partial charge in [-0.3, -0.25) is 4.79 Å². The fraction of sp³-hybridized carbons (Fsp3) is 0.444. The van der Waals surface area contributed by atoms with Gasteiger partial charge in [0.05, 0.1) is 12.5 Å². The molecule has 1 amide bonds. The number of hydrogen-bond acceptors (Lipinski definition) is 2. The number of piperidine rings is 1. The summed E-state index contributed by atoms with van der Waals surface area (Å²) < 4.78 is 29.2. The summed E-state index contributed by atoms with van der Waals surface area (Å²) in [5.41, 5.74) is 0.711. The zero-order valence-corrected chi connectivity index (χ0v) is 13.7. The van der Waals surface area contributed by atoms with Crippen LogP contribution in [0.1, 0.15) is 35.3 Å². The minimum absolute atomic E-state index is 0.0308. The zero-order valence-electron chi connectivity index (χ0n) is 13.7. The number of benzene rings is 1. The molecule has 1 aliphatic rings. The Morgan fingerprint density at radius 1 is 1.33 bits per heavy atom. The van der Waals surface area contributed by atoms with Gasteiger partial charge in [0.25, 0.3) is 5.91 Å². The standard InChI is InChI=1S/C18H21F2N3O/c1-22-12-21-10-17(22)18(24)23-9-3-4-13(11-23)7-8-14-15(19)5-2-6-16(14)20/h2,5-6,10,12-13H,3-4,7-9,11H2,1H3/t13-/m1/s1. The molecule has 0 N–H and O–H groups in total. The lowest BCUT2D eigenvalue weighted by molar-refractivity contribution is 0.0658. The summed E-state index contributed by atoms with van der Waals surface area (Å²) in [6, 6.07) is 3.96. The molecule has 0 aliphatic carbocycles. The number of aromatic nitrogens is 2. The van der Waals surface area contributed by atoms with Gasteiger partial charge in [0.2, 0.25) is 0 Å². The van der Waals surface area contributed by atoms with Crippen molar-refractivity contribution in [1.29, 1.82) is 0 Å². The van der Waals surface area contributed by atoms with Crippen LogP contribution in [0.3, 0.4) is 0 Å². The molecule has 1 saturated heterocycles. The average Bonchev–Trinajstić information content (AvgIpc) is 3.00. The Labute approximate surface area is 140 Å². The van der Waals surface area contributed by atoms with E-state index < -0.39 is 11.6 Å². The van der Waals surface area contributed by atoms with Crippen LogP contribution in [0.4, 0.5) is 8.78 Å². The highest BCUT2D eigenvalue weighted by Gasteiger charge is 2.26. The first-order chi connectivity index (χ1) is 11.6. The molecule has 2 aromatic rings. The third-order valence-corrected chi connectivity index (χ3v) is 4.71. The summed E-state index contributed by atoms with van der Waals surface area (Å²) in [5.74, 6) is -0.756. The van der Waals surface area contributed by atoms with Crippen molar-refractivity contribution >= 4 is 5.91 Å². The Hall–Kier alpha value is -2.24. The molecule has 1 atom stereocenters. The molecule has 3 rings (SSSR count). The van der Waals surface area contributed by atoms with Crippen LogP contribution in [0, 0.1) is 17.6 Å². The summed E-state index contributed by atoms with van der Waals surface area (Å²) in [4.78, 5) is 18.4. The van der Waals surface area contributed by atoms with E-state index in [1.54, 1.807) is 24.1 Å². The van der Waals surface area contributed by atoms with Crippen molar-refractivity contribution in [2.45, 2.75) is 25.7 Å². The fourth-order valence-electron chi connectivity index (χ4n) is 3.33. The van der Waals surface area contributed by atoms with Gasteiger partial charge in [-0.2, -0.15) is 0 Å². The van der Waals surface area contributed by atoms with Crippen LogP contribution in [-0.4, -0.2) is 33.4 Å². The molecule has 1 fully saturated rings. The molecular weight excluding hydrogens is 312 g/mol. The van der Waals surface area contributed by atoms with E-state index >= 15 is 0 Å². The summed E-state index contributed by atoms with van der Waals surface area (Å²) in [6.45, 7) is 1.34. The quantitative estimate of drug-likeness (QED) is 0.862. The molecule has 24 heavy (non-hydrogen) atoms. The average molecular weight is 333 g/mol. The number of halogens is 2. The molecule has 0 saturated carbocycles. The lowest BCUT2D eigenvalue weighted by Crippen LogP contribution is -2.40. The first-order valence-corrected chi connectivity index (χ1v) is 8.24. The number of carbonyl (C=O) groups excluding carboxylic acids is 1. The van der Waals surface area contributed by atoms with Gasteiger partial charge in [-0.05, 0) is 43.7 Å². The second kappa shape index (κ2) is 7.11. The second-order valence-corrected chi connectivity index (χ2v) is 6.39. The number of amides is 1. The van der Waals surface area contributed by atoms with E-state index in [2.05, 4.69) is 4.98 Å². The second-order valence-electron chi connectivity index (χ2n) is 6.39. The Morgan fingerprint density at radius 2 is 2.08 bits per heavy atom. The predicted molar refractivity (Wildman–Crippen MR) is 86.5 cm³/mol. The first-order valence-electron chi connectivity index (χ1n) is 8.24. The Bertz CT molecular complexity index is 709. The number of rotatable bonds is 4. The maximum atomic E-state index is 13.7. The van der Waals surface area contributed by atoms with Crippen LogP contribution >= 0.6 is 0 Å². The van der Waals surface area contributed by atoms with Crippen molar-refractivity contribution < 1.29 is 13.6 Å². The number of aryl methyl sites for hydroxylation is 1. The molecular formula is C18H21F2N3O. The fourth-order valence-corrected chi connectivity index (χ4v) is 3.33. The van der Waals surface area contributed by atoms with E-state index in [1.807, 2.05) is 4.90 Å². The lowest BCUT2D eigenvalue weighted by atomic mass is 9.91. The van der Waals surface area contributed by atoms with Gasteiger partial charge in [0.15, 0.2) is 0 Å². The molecule has 0 radical (unpaired) electrons. The molecule has 1 aromatic heterocycles. The predicted octanol–water partition coefficient (Wildman–Crippen LogP) is 3.18. The van der Waals surface area contributed by atoms with Gasteiger partial charge >= 0.3 is 0 Å². The molecule has 0 unspecified atom stereocenters. The molecule has 0 spiro atoms. The van der Waals surface area contributed by atoms with Crippen molar-refractivity contribution in [1.82, 2.24) is 14.5 Å². The molecule has 0 bridgehead atoms. The van der Waals surface area contributed by atoms with Gasteiger partial charge in [0, 0.05) is 25.7 Å². The van der Waals surface area contributed by atoms with Crippen LogP contribution in [0.2, 0.25) is 0 Å². The topological polar surface area (TPSA) is 38.1 Å². The molecule has 1 aromatic carbocycles. The van der Waals surface area contributed by atoms with Gasteiger partial charge in [-0.15, -0.1) is 0 Å². The summed E-state index contributed by atoms with van der Waals surface area (Å²) in [6.07, 6.45) is 6.10. The summed E-state index contributed by atoms with van der Waals surface area (Å²) >= 11 is 0. The minimum Gasteiger partial charge on any atom is -0.337 e. The Kier molecular flexibility index (Phi) is 4.92. The van der Waals surface area contributed by atoms with Crippen molar-refractivity contribution in [3.8, 4) is 0 Å². The third kappa shape index (κ3) is 3.47. The smallest absolute Gasteiger partial charge is 0.272 e. The van der Waals surface area contributed by atoms with Gasteiger partial charge in [-0.25, -0.2) is 13.8 Å². The molecule has 2 heterocycles. The van der Waals surface area contributed by atoms with E-state index in [4.69, 9.17) is 0 Å². The number of likely N-dealkylation sites (tertiary alicyclic amines) is 1. The van der Waals surface area contributed by atoms with Crippen molar-refractivity contribution in [2.24, 2.45) is 13.0 Å². The van der Waals surface area contributed by atoms with Gasteiger partial charge in [-0.1, -0.05) is 6.07 Å². The van der Waals surface area contributed by atoms with E-state index in [0.717, 1.165) is 12.8 Å². The van der Waals surface area contributed by atoms with Crippen molar-refractivity contribution in [2.75, 3.05) is 13.1 Å². The monoisotopic (exact) mass is 333 g/mol. The van der Waals surface area contributed by atoms with E-state index in [-0.39, 0.29) is 17.4 Å². The maximum absolute atomic E-state index is 13.7. The number of carbonyl (C=O) groups is 1. The van der Waals surface area contributed by atoms with Crippen molar-refractivity contribution in [3.05, 3.63) is 53.6 Å². The van der Waals surface area contributed by atoms with E-state index in [9.17, 15) is 13.6 Å². The first kappa shape index (κ1) is 16.6. The largest absolute Gasteiger partial charge is 0.337 e. The summed E-state index contributed by atoms with van der Waals surface area (Å²) in [5, 5.41) is 0. The van der Waals surface area contributed by atoms with Gasteiger partial charge in [0.1, 0.15) is 17.3 Å². The third-order valence-electron chi connectivity index (χ3n) is 4.71. The highest BCUT2D eigenvalue weighted by atomic mass is 19.1. The normalized spacial score (nSPS) is 18.0. The number of imidazole rings is 1. The SMILES string of the molecule is Cn1cncc1C(=O)N1CCC[C@H](CCc2c(F)cccc2F)C1. The lowest BCUT2D eigenvalue weighted by Gasteiger charge is -2.32. The van der Waals surface area contributed by atoms with Crippen LogP contribution in [0.25, 0.3) is 0 Å². The van der Waals surface area contributed by atoms with Gasteiger partial charge < -0.3 is 9.47 Å². The van der Waals surface area contributed by atoms with Crippen LogP contribution in [0.5, 0.6) is 0 Å². The minimum atomic E-state index is -0.492. The highest BCUT2D eigenvalue weighted by Crippen LogP contribution is 2.24. The Balaban J connectivity index is 1.62. The highest BCUT2D eigenvalue weighted by molar-refractivity contribution is 5.92. The molecule has 128 valence electrons. The maximum Gasteiger partial charge on any atom is 0.272 e. The molecule has 6 heteroatoms. The van der Waals surface area contributed by atoms with E-state index in [1.165, 1.54) is 18.2 Å². The van der Waals surface area contributed by atoms with Crippen molar-refractivity contribution in [3.63, 3.8) is 0 Å². The zero-order chi connectivity index (χ0) is 17.1. The molecule has 4 nitrogen and oxygen atoms in total. The van der Waals surface area contributed by atoms with Crippen LogP contribution in [0.15, 0.2) is 30.7 Å². The Morgan fingerprint density at radius 3 is 2.75 bits per heavy atom. The van der Waals surface area contributed by atoms with Crippen LogP contribution in [-0.2, 0) is 13.5 Å². The van der Waals surface area contributed by atoms with E-state index in [0.29, 0.717) is 31.6 Å². The molecule has 1 aliphatic heterocycles.